The molecule has 2 fully saturated rings. The molecule has 1 aliphatic carbocycles. The van der Waals surface area contributed by atoms with Crippen LogP contribution in [-0.2, 0) is 0 Å². The second-order valence-electron chi connectivity index (χ2n) is 7.57. The molecule has 0 unspecified atom stereocenters. The molecule has 100 valence electrons. The molecule has 0 aromatic heterocycles. The smallest absolute Gasteiger partial charge is 0.0189 e. The van der Waals surface area contributed by atoms with E-state index in [0.29, 0.717) is 11.0 Å². The van der Waals surface area contributed by atoms with Crippen molar-refractivity contribution in [3.8, 4) is 0 Å². The summed E-state index contributed by atoms with van der Waals surface area (Å²) in [5, 5.41) is 0. The molecule has 0 radical (unpaired) electrons. The van der Waals surface area contributed by atoms with E-state index in [1.165, 1.54) is 58.0 Å². The fourth-order valence-electron chi connectivity index (χ4n) is 4.61. The van der Waals surface area contributed by atoms with E-state index in [1.54, 1.807) is 0 Å². The Labute approximate surface area is 108 Å². The van der Waals surface area contributed by atoms with Gasteiger partial charge in [0.05, 0.1) is 0 Å². The van der Waals surface area contributed by atoms with Gasteiger partial charge in [-0.25, -0.2) is 0 Å². The Hall–Kier alpha value is -0.0400. The lowest BCUT2D eigenvalue weighted by atomic mass is 9.63. The zero-order chi connectivity index (χ0) is 12.5. The van der Waals surface area contributed by atoms with Crippen molar-refractivity contribution in [1.82, 2.24) is 4.90 Å². The number of rotatable bonds is 2. The second kappa shape index (κ2) is 4.91. The third kappa shape index (κ3) is 3.05. The van der Waals surface area contributed by atoms with E-state index in [-0.39, 0.29) is 0 Å². The summed E-state index contributed by atoms with van der Waals surface area (Å²) in [5.41, 5.74) is 1.04. The number of likely N-dealkylation sites (tertiary alicyclic amines) is 1. The van der Waals surface area contributed by atoms with Crippen LogP contribution in [0.15, 0.2) is 0 Å². The van der Waals surface area contributed by atoms with Gasteiger partial charge in [-0.3, -0.25) is 4.90 Å². The van der Waals surface area contributed by atoms with Gasteiger partial charge in [-0.2, -0.15) is 0 Å². The lowest BCUT2D eigenvalue weighted by Crippen LogP contribution is -2.54. The molecule has 0 aromatic rings. The van der Waals surface area contributed by atoms with Gasteiger partial charge in [-0.1, -0.05) is 33.6 Å². The summed E-state index contributed by atoms with van der Waals surface area (Å²) >= 11 is 0. The van der Waals surface area contributed by atoms with E-state index in [2.05, 4.69) is 32.6 Å². The van der Waals surface area contributed by atoms with Crippen molar-refractivity contribution < 1.29 is 0 Å². The van der Waals surface area contributed by atoms with Crippen LogP contribution in [0.2, 0.25) is 0 Å². The van der Waals surface area contributed by atoms with Gasteiger partial charge in [-0.15, -0.1) is 0 Å². The molecular formula is C16H31N. The maximum Gasteiger partial charge on any atom is 0.0189 e. The maximum atomic E-state index is 2.82. The first-order chi connectivity index (χ1) is 7.95. The van der Waals surface area contributed by atoms with Crippen molar-refractivity contribution in [3.05, 3.63) is 0 Å². The number of piperidine rings is 1. The number of nitrogens with zero attached hydrogens (tertiary/aromatic N) is 1. The third-order valence-corrected chi connectivity index (χ3v) is 5.13. The number of hydrogen-bond acceptors (Lipinski definition) is 1. The van der Waals surface area contributed by atoms with Gasteiger partial charge >= 0.3 is 0 Å². The van der Waals surface area contributed by atoms with Crippen molar-refractivity contribution in [2.24, 2.45) is 11.3 Å². The molecule has 2 atom stereocenters. The SMILES string of the molecule is CC[C@@H]1CC(C)(C)C[C@@](C)(N2CCCCC2)C1. The zero-order valence-corrected chi connectivity index (χ0v) is 12.4. The molecule has 2 aliphatic rings. The van der Waals surface area contributed by atoms with Crippen molar-refractivity contribution >= 4 is 0 Å². The molecule has 1 saturated heterocycles. The van der Waals surface area contributed by atoms with Gasteiger partial charge in [0.25, 0.3) is 0 Å². The molecule has 0 aromatic carbocycles. The third-order valence-electron chi connectivity index (χ3n) is 5.13. The zero-order valence-electron chi connectivity index (χ0n) is 12.4. The van der Waals surface area contributed by atoms with Crippen molar-refractivity contribution in [2.75, 3.05) is 13.1 Å². The summed E-state index contributed by atoms with van der Waals surface area (Å²) in [7, 11) is 0. The van der Waals surface area contributed by atoms with Gasteiger partial charge in [0.1, 0.15) is 0 Å². The summed E-state index contributed by atoms with van der Waals surface area (Å²) in [6.45, 7) is 12.6. The molecule has 1 saturated carbocycles. The standard InChI is InChI=1S/C16H31N/c1-5-14-11-15(2,3)13-16(4,12-14)17-9-7-6-8-10-17/h14H,5-13H2,1-4H3/t14-,16+/m1/s1. The Bertz CT molecular complexity index is 252. The summed E-state index contributed by atoms with van der Waals surface area (Å²) in [6, 6.07) is 0. The fraction of sp³-hybridized carbons (Fsp3) is 1.00. The summed E-state index contributed by atoms with van der Waals surface area (Å²) in [6.07, 6.45) is 9.94. The Kier molecular flexibility index (Phi) is 3.87. The molecule has 1 nitrogen and oxygen atoms in total. The summed E-state index contributed by atoms with van der Waals surface area (Å²) < 4.78 is 0. The van der Waals surface area contributed by atoms with Gasteiger partial charge in [0.2, 0.25) is 0 Å². The van der Waals surface area contributed by atoms with E-state index >= 15 is 0 Å². The van der Waals surface area contributed by atoms with Crippen LogP contribution in [0.4, 0.5) is 0 Å². The maximum absolute atomic E-state index is 2.82. The summed E-state index contributed by atoms with van der Waals surface area (Å²) in [5.74, 6) is 0.950. The van der Waals surface area contributed by atoms with E-state index in [1.807, 2.05) is 0 Å². The van der Waals surface area contributed by atoms with Gasteiger partial charge in [-0.05, 0) is 63.5 Å². The Morgan fingerprint density at radius 1 is 1.00 bits per heavy atom. The largest absolute Gasteiger partial charge is 0.298 e. The van der Waals surface area contributed by atoms with Gasteiger partial charge < -0.3 is 0 Å². The molecule has 0 N–H and O–H groups in total. The first kappa shape index (κ1) is 13.4. The lowest BCUT2D eigenvalue weighted by Gasteiger charge is -2.53. The highest BCUT2D eigenvalue weighted by molar-refractivity contribution is 4.98. The molecule has 1 heteroatoms. The molecule has 0 bridgehead atoms. The van der Waals surface area contributed by atoms with Crippen LogP contribution in [-0.4, -0.2) is 23.5 Å². The molecule has 1 aliphatic heterocycles. The molecule has 0 spiro atoms. The van der Waals surface area contributed by atoms with Crippen molar-refractivity contribution in [2.45, 2.75) is 78.2 Å². The Morgan fingerprint density at radius 2 is 1.65 bits per heavy atom. The van der Waals surface area contributed by atoms with Crippen molar-refractivity contribution in [3.63, 3.8) is 0 Å². The highest BCUT2D eigenvalue weighted by Crippen LogP contribution is 2.47. The molecule has 2 rings (SSSR count). The highest BCUT2D eigenvalue weighted by atomic mass is 15.2. The van der Waals surface area contributed by atoms with Crippen LogP contribution in [0.5, 0.6) is 0 Å². The first-order valence-electron chi connectivity index (χ1n) is 7.70. The average Bonchev–Trinajstić information content (AvgIpc) is 2.28. The highest BCUT2D eigenvalue weighted by Gasteiger charge is 2.43. The quantitative estimate of drug-likeness (QED) is 0.685. The predicted molar refractivity (Wildman–Crippen MR) is 75.2 cm³/mol. The molecule has 1 heterocycles. The van der Waals surface area contributed by atoms with Crippen LogP contribution < -0.4 is 0 Å². The van der Waals surface area contributed by atoms with Gasteiger partial charge in [0, 0.05) is 5.54 Å². The van der Waals surface area contributed by atoms with Gasteiger partial charge in [0.15, 0.2) is 0 Å². The second-order valence-corrected chi connectivity index (χ2v) is 7.57. The minimum absolute atomic E-state index is 0.489. The van der Waals surface area contributed by atoms with Crippen LogP contribution in [0.25, 0.3) is 0 Å². The average molecular weight is 237 g/mol. The Morgan fingerprint density at radius 3 is 2.24 bits per heavy atom. The van der Waals surface area contributed by atoms with Crippen molar-refractivity contribution in [1.29, 1.82) is 0 Å². The van der Waals surface area contributed by atoms with E-state index in [9.17, 15) is 0 Å². The van der Waals surface area contributed by atoms with E-state index < -0.39 is 0 Å². The first-order valence-corrected chi connectivity index (χ1v) is 7.70. The van der Waals surface area contributed by atoms with Crippen LogP contribution >= 0.6 is 0 Å². The van der Waals surface area contributed by atoms with Crippen LogP contribution in [0.3, 0.4) is 0 Å². The minimum atomic E-state index is 0.489. The van der Waals surface area contributed by atoms with E-state index in [0.717, 1.165) is 5.92 Å². The Balaban J connectivity index is 2.10. The molecule has 0 amide bonds. The van der Waals surface area contributed by atoms with Crippen LogP contribution in [0, 0.1) is 11.3 Å². The topological polar surface area (TPSA) is 3.24 Å². The number of hydrogen-bond donors (Lipinski definition) is 0. The molecule has 17 heavy (non-hydrogen) atoms. The minimum Gasteiger partial charge on any atom is -0.298 e. The monoisotopic (exact) mass is 237 g/mol. The predicted octanol–water partition coefficient (Wildman–Crippen LogP) is 4.47. The summed E-state index contributed by atoms with van der Waals surface area (Å²) in [4.78, 5) is 2.82. The molecular weight excluding hydrogens is 206 g/mol. The van der Waals surface area contributed by atoms with Crippen LogP contribution in [0.1, 0.15) is 72.6 Å². The van der Waals surface area contributed by atoms with E-state index in [4.69, 9.17) is 0 Å². The fourth-order valence-corrected chi connectivity index (χ4v) is 4.61. The normalized spacial score (nSPS) is 39.2. The lowest BCUT2D eigenvalue weighted by molar-refractivity contribution is -0.0192.